The van der Waals surface area contributed by atoms with Crippen molar-refractivity contribution >= 4 is 12.6 Å². The van der Waals surface area contributed by atoms with Crippen LogP contribution in [0.2, 0.25) is 0 Å². The van der Waals surface area contributed by atoms with Gasteiger partial charge in [0.05, 0.1) is 0 Å². The number of carbonyl (C=O) groups excluding carboxylic acids is 2. The fourth-order valence-corrected chi connectivity index (χ4v) is 0.0833. The number of allylic oxidation sites excluding steroid dienone is 1. The average Bonchev–Trinajstić information content (AvgIpc) is 1.72. The number of hydrogen-bond acceptors (Lipinski definition) is 3. The molecule has 4 heteroatoms. The zero-order valence-electron chi connectivity index (χ0n) is 4.46. The minimum atomic E-state index is -0.361. The van der Waals surface area contributed by atoms with Crippen molar-refractivity contribution in [3.8, 4) is 0 Å². The maximum absolute atomic E-state index is 9.47. The summed E-state index contributed by atoms with van der Waals surface area (Å²) in [5, 5.41) is 9.47. The molecule has 0 unspecified atom stereocenters. The van der Waals surface area contributed by atoms with Crippen LogP contribution in [0, 0.1) is 0 Å². The van der Waals surface area contributed by atoms with Crippen LogP contribution < -0.4 is 34.7 Å². The van der Waals surface area contributed by atoms with E-state index < -0.39 is 0 Å². The third kappa shape index (κ3) is 4.05. The molecule has 3 nitrogen and oxygen atoms in total. The van der Waals surface area contributed by atoms with Crippen LogP contribution in [0.3, 0.4) is 0 Å². The zero-order chi connectivity index (χ0) is 5.70. The SMILES string of the molecule is O=CC(C=O)=C[O-].[Na+]. The Hall–Kier alpha value is -0.120. The average molecular weight is 122 g/mol. The Morgan fingerprint density at radius 3 is 1.62 bits per heavy atom. The molecule has 0 aromatic carbocycles. The fourth-order valence-electron chi connectivity index (χ4n) is 0.0833. The van der Waals surface area contributed by atoms with Crippen molar-refractivity contribution in [2.45, 2.75) is 0 Å². The zero-order valence-corrected chi connectivity index (χ0v) is 6.46. The quantitative estimate of drug-likeness (QED) is 0.0928. The molecule has 0 aromatic rings. The molecule has 0 spiro atoms. The van der Waals surface area contributed by atoms with Crippen molar-refractivity contribution in [2.75, 3.05) is 0 Å². The monoisotopic (exact) mass is 122 g/mol. The van der Waals surface area contributed by atoms with E-state index in [1.54, 1.807) is 0 Å². The van der Waals surface area contributed by atoms with E-state index in [0.29, 0.717) is 0 Å². The molecule has 0 amide bonds. The predicted molar refractivity (Wildman–Crippen MR) is 20.2 cm³/mol. The van der Waals surface area contributed by atoms with Crippen LogP contribution in [-0.2, 0) is 9.59 Å². The van der Waals surface area contributed by atoms with Gasteiger partial charge in [0, 0.05) is 5.57 Å². The second-order valence-electron chi connectivity index (χ2n) is 0.854. The molecular weight excluding hydrogens is 119 g/mol. The van der Waals surface area contributed by atoms with Crippen LogP contribution in [-0.4, -0.2) is 12.6 Å². The molecule has 0 heterocycles. The van der Waals surface area contributed by atoms with Crippen LogP contribution in [0.15, 0.2) is 11.8 Å². The molecule has 38 valence electrons. The third-order valence-electron chi connectivity index (χ3n) is 0.408. The second-order valence-corrected chi connectivity index (χ2v) is 0.854. The van der Waals surface area contributed by atoms with E-state index in [1.165, 1.54) is 0 Å². The maximum atomic E-state index is 9.47. The van der Waals surface area contributed by atoms with Crippen molar-refractivity contribution in [1.29, 1.82) is 0 Å². The summed E-state index contributed by atoms with van der Waals surface area (Å²) in [4.78, 5) is 18.9. The smallest absolute Gasteiger partial charge is 0.877 e. The minimum Gasteiger partial charge on any atom is -0.877 e. The summed E-state index contributed by atoms with van der Waals surface area (Å²) in [5.74, 6) is 0. The third-order valence-corrected chi connectivity index (χ3v) is 0.408. The Balaban J connectivity index is 0. The molecule has 0 aliphatic rings. The van der Waals surface area contributed by atoms with Gasteiger partial charge in [0.25, 0.3) is 0 Å². The summed E-state index contributed by atoms with van der Waals surface area (Å²) in [7, 11) is 0. The van der Waals surface area contributed by atoms with Gasteiger partial charge in [0.1, 0.15) is 0 Å². The fraction of sp³-hybridized carbons (Fsp3) is 0. The Morgan fingerprint density at radius 1 is 1.25 bits per heavy atom. The van der Waals surface area contributed by atoms with Crippen LogP contribution in [0.5, 0.6) is 0 Å². The van der Waals surface area contributed by atoms with Gasteiger partial charge in [-0.3, -0.25) is 9.59 Å². The van der Waals surface area contributed by atoms with Crippen molar-refractivity contribution in [2.24, 2.45) is 0 Å². The van der Waals surface area contributed by atoms with Gasteiger partial charge in [-0.2, -0.15) is 0 Å². The molecule has 0 aliphatic carbocycles. The molecule has 0 aliphatic heterocycles. The van der Waals surface area contributed by atoms with E-state index in [-0.39, 0.29) is 54.0 Å². The minimum absolute atomic E-state index is 0. The first-order valence-electron chi connectivity index (χ1n) is 1.57. The Bertz CT molecular complexity index is 97.9. The number of rotatable bonds is 2. The van der Waals surface area contributed by atoms with E-state index in [4.69, 9.17) is 0 Å². The van der Waals surface area contributed by atoms with E-state index >= 15 is 0 Å². The van der Waals surface area contributed by atoms with Gasteiger partial charge in [-0.25, -0.2) is 0 Å². The first kappa shape index (κ1) is 10.8. The van der Waals surface area contributed by atoms with Gasteiger partial charge in [0.15, 0.2) is 12.6 Å². The van der Waals surface area contributed by atoms with E-state index in [9.17, 15) is 14.7 Å². The van der Waals surface area contributed by atoms with Crippen LogP contribution in [0.4, 0.5) is 0 Å². The Labute approximate surface area is 68.7 Å². The summed E-state index contributed by atoms with van der Waals surface area (Å²) in [5.41, 5.74) is -0.361. The van der Waals surface area contributed by atoms with Crippen LogP contribution in [0.1, 0.15) is 0 Å². The molecule has 0 fully saturated rings. The normalized spacial score (nSPS) is 6.00. The number of hydrogen-bond donors (Lipinski definition) is 0. The van der Waals surface area contributed by atoms with E-state index in [0.717, 1.165) is 0 Å². The van der Waals surface area contributed by atoms with Crippen molar-refractivity contribution in [1.82, 2.24) is 0 Å². The predicted octanol–water partition coefficient (Wildman–Crippen LogP) is -4.37. The molecule has 0 bridgehead atoms. The summed E-state index contributed by atoms with van der Waals surface area (Å²) in [6.45, 7) is 0. The summed E-state index contributed by atoms with van der Waals surface area (Å²) >= 11 is 0. The first-order valence-corrected chi connectivity index (χ1v) is 1.57. The van der Waals surface area contributed by atoms with Gasteiger partial charge < -0.3 is 5.11 Å². The standard InChI is InChI=1S/C4H4O3.Na/c5-1-4(2-6)3-7;/h1-3,5H;/q;+1/p-1. The van der Waals surface area contributed by atoms with E-state index in [2.05, 4.69) is 0 Å². The van der Waals surface area contributed by atoms with Crippen molar-refractivity contribution < 1.29 is 44.3 Å². The first-order chi connectivity index (χ1) is 3.35. The van der Waals surface area contributed by atoms with Gasteiger partial charge >= 0.3 is 29.6 Å². The molecule has 0 atom stereocenters. The molecule has 0 rings (SSSR count). The topological polar surface area (TPSA) is 57.2 Å². The van der Waals surface area contributed by atoms with E-state index in [1.807, 2.05) is 0 Å². The molecule has 0 N–H and O–H groups in total. The molecule has 8 heavy (non-hydrogen) atoms. The van der Waals surface area contributed by atoms with Crippen molar-refractivity contribution in [3.05, 3.63) is 11.8 Å². The number of carbonyl (C=O) groups is 2. The molecule has 0 aromatic heterocycles. The molecular formula is C4H3NaO3. The molecule has 0 saturated heterocycles. The van der Waals surface area contributed by atoms with Gasteiger partial charge in [-0.15, -0.1) is 6.26 Å². The van der Waals surface area contributed by atoms with Crippen LogP contribution >= 0.6 is 0 Å². The molecule has 0 radical (unpaired) electrons. The van der Waals surface area contributed by atoms with Gasteiger partial charge in [-0.05, 0) is 0 Å². The van der Waals surface area contributed by atoms with Crippen LogP contribution in [0.25, 0.3) is 0 Å². The summed E-state index contributed by atoms with van der Waals surface area (Å²) in [6.07, 6.45) is 0.625. The Kier molecular flexibility index (Phi) is 9.28. The number of aldehydes is 2. The maximum Gasteiger partial charge on any atom is 1.00 e. The van der Waals surface area contributed by atoms with Gasteiger partial charge in [0.2, 0.25) is 0 Å². The molecule has 0 saturated carbocycles. The Morgan fingerprint density at radius 2 is 1.62 bits per heavy atom. The summed E-state index contributed by atoms with van der Waals surface area (Å²) in [6, 6.07) is 0. The van der Waals surface area contributed by atoms with Crippen molar-refractivity contribution in [3.63, 3.8) is 0 Å². The summed E-state index contributed by atoms with van der Waals surface area (Å²) < 4.78 is 0. The largest absolute Gasteiger partial charge is 1.00 e. The second kappa shape index (κ2) is 6.88. The van der Waals surface area contributed by atoms with Gasteiger partial charge in [-0.1, -0.05) is 0 Å².